The fourth-order valence-electron chi connectivity index (χ4n) is 1.42. The lowest BCUT2D eigenvalue weighted by molar-refractivity contribution is -0.131. The van der Waals surface area contributed by atoms with Crippen LogP contribution in [0.3, 0.4) is 0 Å². The van der Waals surface area contributed by atoms with Crippen LogP contribution in [0.5, 0.6) is 5.75 Å². The van der Waals surface area contributed by atoms with E-state index in [0.29, 0.717) is 10.6 Å². The van der Waals surface area contributed by atoms with Crippen LogP contribution < -0.4 is 4.74 Å². The number of hydrogen-bond donors (Lipinski definition) is 0. The number of aryl methyl sites for hydroxylation is 1. The van der Waals surface area contributed by atoms with Gasteiger partial charge in [-0.05, 0) is 25.0 Å². The zero-order chi connectivity index (χ0) is 12.1. The molecule has 0 saturated heterocycles. The summed E-state index contributed by atoms with van der Waals surface area (Å²) in [5.74, 6) is 0.374. The van der Waals surface area contributed by atoms with Crippen LogP contribution in [0.15, 0.2) is 18.2 Å². The van der Waals surface area contributed by atoms with E-state index in [-0.39, 0.29) is 5.97 Å². The average Bonchev–Trinajstić information content (AvgIpc) is 2.21. The molecule has 0 aliphatic carbocycles. The summed E-state index contributed by atoms with van der Waals surface area (Å²) in [4.78, 5) is 11.3. The number of halogens is 2. The van der Waals surface area contributed by atoms with Gasteiger partial charge in [-0.15, -0.1) is 0 Å². The largest absolute Gasteiger partial charge is 0.426 e. The Morgan fingerprint density at radius 2 is 2.19 bits per heavy atom. The molecule has 0 spiro atoms. The number of benzene rings is 1. The van der Waals surface area contributed by atoms with Crippen LogP contribution in [0.4, 0.5) is 0 Å². The Balaban J connectivity index is 2.93. The van der Waals surface area contributed by atoms with E-state index >= 15 is 0 Å². The van der Waals surface area contributed by atoms with Crippen molar-refractivity contribution in [2.24, 2.45) is 0 Å². The second kappa shape index (κ2) is 6.40. The van der Waals surface area contributed by atoms with Gasteiger partial charge >= 0.3 is 5.97 Å². The summed E-state index contributed by atoms with van der Waals surface area (Å²) in [7, 11) is 0. The molecular weight excluding hydrogens is 336 g/mol. The molecule has 4 heteroatoms. The molecule has 0 aromatic heterocycles. The first-order chi connectivity index (χ1) is 7.52. The molecule has 0 N–H and O–H groups in total. The molecule has 88 valence electrons. The summed E-state index contributed by atoms with van der Waals surface area (Å²) in [5, 5.41) is 0.862. The minimum atomic E-state index is -0.282. The van der Waals surface area contributed by atoms with Crippen molar-refractivity contribution >= 4 is 37.8 Å². The van der Waals surface area contributed by atoms with E-state index < -0.39 is 0 Å². The van der Waals surface area contributed by atoms with Crippen molar-refractivity contribution in [3.05, 3.63) is 29.3 Å². The molecule has 0 fully saturated rings. The molecule has 0 saturated carbocycles. The van der Waals surface area contributed by atoms with Crippen LogP contribution in [0.25, 0.3) is 0 Å². The van der Waals surface area contributed by atoms with Gasteiger partial charge in [0.25, 0.3) is 0 Å². The van der Waals surface area contributed by atoms with E-state index in [1.807, 2.05) is 19.1 Å². The third-order valence-corrected chi connectivity index (χ3v) is 4.38. The SMILES string of the molecule is CC(=O)Oc1ccc(C)cc1C[C@H](Br)CBr. The van der Waals surface area contributed by atoms with Gasteiger partial charge in [-0.2, -0.15) is 0 Å². The van der Waals surface area contributed by atoms with Crippen molar-refractivity contribution in [2.45, 2.75) is 25.1 Å². The highest BCUT2D eigenvalue weighted by atomic mass is 79.9. The maximum Gasteiger partial charge on any atom is 0.308 e. The molecule has 0 bridgehead atoms. The Morgan fingerprint density at radius 3 is 2.75 bits per heavy atom. The predicted molar refractivity (Wildman–Crippen MR) is 72.7 cm³/mol. The maximum absolute atomic E-state index is 11.0. The predicted octanol–water partition coefficient (Wildman–Crippen LogP) is 3.62. The maximum atomic E-state index is 11.0. The van der Waals surface area contributed by atoms with E-state index in [9.17, 15) is 4.79 Å². The van der Waals surface area contributed by atoms with Crippen LogP contribution >= 0.6 is 31.9 Å². The van der Waals surface area contributed by atoms with Crippen molar-refractivity contribution in [3.8, 4) is 5.75 Å². The number of rotatable bonds is 4. The van der Waals surface area contributed by atoms with E-state index in [1.54, 1.807) is 0 Å². The number of hydrogen-bond acceptors (Lipinski definition) is 2. The zero-order valence-corrected chi connectivity index (χ0v) is 12.5. The minimum absolute atomic E-state index is 0.282. The summed E-state index contributed by atoms with van der Waals surface area (Å²) in [5.41, 5.74) is 2.22. The number of alkyl halides is 2. The summed E-state index contributed by atoms with van der Waals surface area (Å²) < 4.78 is 5.17. The minimum Gasteiger partial charge on any atom is -0.426 e. The van der Waals surface area contributed by atoms with Gasteiger partial charge in [0.05, 0.1) is 0 Å². The smallest absolute Gasteiger partial charge is 0.308 e. The highest BCUT2D eigenvalue weighted by Gasteiger charge is 2.10. The number of ether oxygens (including phenoxy) is 1. The van der Waals surface area contributed by atoms with E-state index in [1.165, 1.54) is 12.5 Å². The van der Waals surface area contributed by atoms with Crippen molar-refractivity contribution < 1.29 is 9.53 Å². The van der Waals surface area contributed by atoms with Gasteiger partial charge in [-0.1, -0.05) is 49.6 Å². The van der Waals surface area contributed by atoms with Crippen molar-refractivity contribution in [3.63, 3.8) is 0 Å². The lowest BCUT2D eigenvalue weighted by Crippen LogP contribution is -2.09. The topological polar surface area (TPSA) is 26.3 Å². The summed E-state index contributed by atoms with van der Waals surface area (Å²) in [6.07, 6.45) is 0.829. The normalized spacial score (nSPS) is 12.2. The molecule has 1 aromatic rings. The molecule has 0 aliphatic rings. The molecular formula is C12H14Br2O2. The van der Waals surface area contributed by atoms with Crippen molar-refractivity contribution in [2.75, 3.05) is 5.33 Å². The van der Waals surface area contributed by atoms with Gasteiger partial charge in [-0.25, -0.2) is 0 Å². The van der Waals surface area contributed by atoms with Gasteiger partial charge in [0.1, 0.15) is 5.75 Å². The first kappa shape index (κ1) is 13.7. The molecule has 0 radical (unpaired) electrons. The Bertz CT molecular complexity index is 377. The number of carbonyl (C=O) groups excluding carboxylic acids is 1. The molecule has 0 unspecified atom stereocenters. The standard InChI is InChI=1S/C12H14Br2O2/c1-8-3-4-12(16-9(2)15)10(5-8)6-11(14)7-13/h3-5,11H,6-7H2,1-2H3/t11-/m0/s1. The van der Waals surface area contributed by atoms with Gasteiger partial charge in [0, 0.05) is 17.1 Å². The van der Waals surface area contributed by atoms with Crippen LogP contribution in [-0.2, 0) is 11.2 Å². The molecule has 1 atom stereocenters. The quantitative estimate of drug-likeness (QED) is 0.471. The molecule has 2 nitrogen and oxygen atoms in total. The lowest BCUT2D eigenvalue weighted by Gasteiger charge is -2.12. The van der Waals surface area contributed by atoms with Crippen molar-refractivity contribution in [1.82, 2.24) is 0 Å². The number of carbonyl (C=O) groups is 1. The average molecular weight is 350 g/mol. The third-order valence-electron chi connectivity index (χ3n) is 2.08. The van der Waals surface area contributed by atoms with E-state index in [0.717, 1.165) is 17.3 Å². The summed E-state index contributed by atoms with van der Waals surface area (Å²) in [6, 6.07) is 5.84. The van der Waals surface area contributed by atoms with Gasteiger partial charge < -0.3 is 4.74 Å². The molecule has 0 amide bonds. The van der Waals surface area contributed by atoms with E-state index in [4.69, 9.17) is 4.74 Å². The summed E-state index contributed by atoms with van der Waals surface area (Å²) >= 11 is 6.96. The summed E-state index contributed by atoms with van der Waals surface area (Å²) in [6.45, 7) is 3.44. The van der Waals surface area contributed by atoms with Crippen LogP contribution in [0, 0.1) is 6.92 Å². The van der Waals surface area contributed by atoms with Crippen LogP contribution in [0.2, 0.25) is 0 Å². The monoisotopic (exact) mass is 348 g/mol. The fourth-order valence-corrected chi connectivity index (χ4v) is 1.99. The molecule has 0 aliphatic heterocycles. The molecule has 0 heterocycles. The van der Waals surface area contributed by atoms with Gasteiger partial charge in [-0.3, -0.25) is 4.79 Å². The number of esters is 1. The fraction of sp³-hybridized carbons (Fsp3) is 0.417. The van der Waals surface area contributed by atoms with Crippen molar-refractivity contribution in [1.29, 1.82) is 0 Å². The molecule has 16 heavy (non-hydrogen) atoms. The second-order valence-electron chi connectivity index (χ2n) is 3.66. The van der Waals surface area contributed by atoms with Crippen LogP contribution in [-0.4, -0.2) is 16.1 Å². The first-order valence-corrected chi connectivity index (χ1v) is 7.04. The Labute approximate surface area is 113 Å². The van der Waals surface area contributed by atoms with Gasteiger partial charge in [0.2, 0.25) is 0 Å². The Kier molecular flexibility index (Phi) is 5.49. The van der Waals surface area contributed by atoms with Gasteiger partial charge in [0.15, 0.2) is 0 Å². The highest BCUT2D eigenvalue weighted by Crippen LogP contribution is 2.24. The van der Waals surface area contributed by atoms with E-state index in [2.05, 4.69) is 37.9 Å². The lowest BCUT2D eigenvalue weighted by atomic mass is 10.1. The zero-order valence-electron chi connectivity index (χ0n) is 9.30. The van der Waals surface area contributed by atoms with Crippen LogP contribution in [0.1, 0.15) is 18.1 Å². The second-order valence-corrected chi connectivity index (χ2v) is 5.60. The molecule has 1 aromatic carbocycles. The third kappa shape index (κ3) is 4.26. The Morgan fingerprint density at radius 1 is 1.50 bits per heavy atom. The highest BCUT2D eigenvalue weighted by molar-refractivity contribution is 9.12. The Hall–Kier alpha value is -0.350. The molecule has 1 rings (SSSR count). The first-order valence-electron chi connectivity index (χ1n) is 5.01.